The quantitative estimate of drug-likeness (QED) is 0.792. The first kappa shape index (κ1) is 11.5. The van der Waals surface area contributed by atoms with Crippen LogP contribution in [0.1, 0.15) is 36.9 Å². The summed E-state index contributed by atoms with van der Waals surface area (Å²) in [6, 6.07) is 5.75. The molecular formula is C13H16N2O2. The third kappa shape index (κ3) is 1.86. The van der Waals surface area contributed by atoms with Crippen molar-refractivity contribution in [2.24, 2.45) is 5.73 Å². The van der Waals surface area contributed by atoms with E-state index in [4.69, 9.17) is 15.9 Å². The Bertz CT molecular complexity index is 591. The molecule has 2 rings (SSSR count). The van der Waals surface area contributed by atoms with Crippen LogP contribution in [-0.4, -0.2) is 5.91 Å². The van der Waals surface area contributed by atoms with Gasteiger partial charge in [0, 0.05) is 5.39 Å². The summed E-state index contributed by atoms with van der Waals surface area (Å²) in [7, 11) is 0. The van der Waals surface area contributed by atoms with E-state index in [1.54, 1.807) is 0 Å². The Morgan fingerprint density at radius 3 is 2.47 bits per heavy atom. The molecule has 0 fully saturated rings. The number of nitrogens with two attached hydrogens (primary N) is 2. The van der Waals surface area contributed by atoms with Crippen molar-refractivity contribution in [1.82, 2.24) is 0 Å². The molecule has 0 radical (unpaired) electrons. The molecule has 0 atom stereocenters. The minimum absolute atomic E-state index is 0.0165. The van der Waals surface area contributed by atoms with Gasteiger partial charge in [-0.15, -0.1) is 0 Å². The lowest BCUT2D eigenvalue weighted by molar-refractivity contribution is 0.0977. The van der Waals surface area contributed by atoms with Crippen molar-refractivity contribution in [2.45, 2.75) is 26.2 Å². The minimum atomic E-state index is -0.643. The van der Waals surface area contributed by atoms with Crippen molar-refractivity contribution in [3.05, 3.63) is 29.5 Å². The molecule has 0 saturated carbocycles. The molecule has 1 amide bonds. The molecule has 0 spiro atoms. The number of furan rings is 1. The monoisotopic (exact) mass is 232 g/mol. The van der Waals surface area contributed by atoms with Gasteiger partial charge >= 0.3 is 0 Å². The number of anilines is 1. The maximum atomic E-state index is 11.1. The fourth-order valence-electron chi connectivity index (χ4n) is 1.77. The van der Waals surface area contributed by atoms with E-state index in [9.17, 15) is 4.79 Å². The molecule has 0 aliphatic heterocycles. The highest BCUT2D eigenvalue weighted by molar-refractivity contribution is 6.04. The summed E-state index contributed by atoms with van der Waals surface area (Å²) >= 11 is 0. The van der Waals surface area contributed by atoms with Crippen LogP contribution in [0, 0.1) is 0 Å². The molecule has 90 valence electrons. The standard InChI is InChI=1S/C13H16N2O2/c1-13(2,3)7-4-5-8-9(6-7)17-11(10(8)14)12(15)16/h4-6H,14H2,1-3H3,(H2,15,16). The Labute approximate surface area is 99.6 Å². The largest absolute Gasteiger partial charge is 0.449 e. The molecule has 0 bridgehead atoms. The van der Waals surface area contributed by atoms with Crippen LogP contribution in [0.3, 0.4) is 0 Å². The van der Waals surface area contributed by atoms with Gasteiger partial charge in [-0.25, -0.2) is 0 Å². The van der Waals surface area contributed by atoms with Gasteiger partial charge in [-0.2, -0.15) is 0 Å². The van der Waals surface area contributed by atoms with Gasteiger partial charge in [0.25, 0.3) is 5.91 Å². The molecule has 2 aromatic rings. The van der Waals surface area contributed by atoms with Gasteiger partial charge in [-0.1, -0.05) is 26.8 Å². The number of nitrogen functional groups attached to an aromatic ring is 1. The number of hydrogen-bond acceptors (Lipinski definition) is 3. The Morgan fingerprint density at radius 2 is 1.94 bits per heavy atom. The van der Waals surface area contributed by atoms with Crippen LogP contribution in [0.4, 0.5) is 5.69 Å². The van der Waals surface area contributed by atoms with E-state index in [0.29, 0.717) is 11.3 Å². The topological polar surface area (TPSA) is 82.2 Å². The summed E-state index contributed by atoms with van der Waals surface area (Å²) in [4.78, 5) is 11.1. The van der Waals surface area contributed by atoms with Crippen molar-refractivity contribution in [3.63, 3.8) is 0 Å². The van der Waals surface area contributed by atoms with Gasteiger partial charge < -0.3 is 15.9 Å². The van der Waals surface area contributed by atoms with E-state index in [-0.39, 0.29) is 11.2 Å². The van der Waals surface area contributed by atoms with E-state index in [2.05, 4.69) is 20.8 Å². The van der Waals surface area contributed by atoms with Gasteiger partial charge in [0.1, 0.15) is 5.58 Å². The molecule has 0 aliphatic rings. The maximum Gasteiger partial charge on any atom is 0.286 e. The average molecular weight is 232 g/mol. The zero-order valence-electron chi connectivity index (χ0n) is 10.2. The second-order valence-corrected chi connectivity index (χ2v) is 5.17. The first-order chi connectivity index (χ1) is 7.80. The number of primary amides is 1. The van der Waals surface area contributed by atoms with E-state index >= 15 is 0 Å². The van der Waals surface area contributed by atoms with Gasteiger partial charge in [0.2, 0.25) is 5.76 Å². The lowest BCUT2D eigenvalue weighted by Gasteiger charge is -2.18. The third-order valence-corrected chi connectivity index (χ3v) is 2.82. The molecule has 17 heavy (non-hydrogen) atoms. The van der Waals surface area contributed by atoms with Crippen molar-refractivity contribution >= 4 is 22.6 Å². The summed E-state index contributed by atoms with van der Waals surface area (Å²) < 4.78 is 5.40. The highest BCUT2D eigenvalue weighted by atomic mass is 16.3. The smallest absolute Gasteiger partial charge is 0.286 e. The van der Waals surface area contributed by atoms with Gasteiger partial charge in [-0.3, -0.25) is 4.79 Å². The fraction of sp³-hybridized carbons (Fsp3) is 0.308. The Kier molecular flexibility index (Phi) is 2.38. The zero-order chi connectivity index (χ0) is 12.8. The molecule has 0 unspecified atom stereocenters. The molecule has 4 N–H and O–H groups in total. The van der Waals surface area contributed by atoms with Crippen LogP contribution in [-0.2, 0) is 5.41 Å². The highest BCUT2D eigenvalue weighted by Gasteiger charge is 2.19. The van der Waals surface area contributed by atoms with Crippen molar-refractivity contribution in [3.8, 4) is 0 Å². The molecule has 1 heterocycles. The average Bonchev–Trinajstić information content (AvgIpc) is 2.54. The molecule has 0 saturated heterocycles. The number of amides is 1. The highest BCUT2D eigenvalue weighted by Crippen LogP contribution is 2.32. The number of hydrogen-bond donors (Lipinski definition) is 2. The zero-order valence-corrected chi connectivity index (χ0v) is 10.2. The fourth-order valence-corrected chi connectivity index (χ4v) is 1.77. The maximum absolute atomic E-state index is 11.1. The van der Waals surface area contributed by atoms with Gasteiger partial charge in [0.05, 0.1) is 5.69 Å². The predicted octanol–water partition coefficient (Wildman–Crippen LogP) is 2.41. The number of rotatable bonds is 1. The van der Waals surface area contributed by atoms with Crippen molar-refractivity contribution < 1.29 is 9.21 Å². The van der Waals surface area contributed by atoms with E-state index < -0.39 is 5.91 Å². The van der Waals surface area contributed by atoms with Crippen LogP contribution in [0.25, 0.3) is 11.0 Å². The molecule has 0 aliphatic carbocycles. The second-order valence-electron chi connectivity index (χ2n) is 5.17. The number of carbonyl (C=O) groups excluding carboxylic acids is 1. The van der Waals surface area contributed by atoms with Crippen molar-refractivity contribution in [1.29, 1.82) is 0 Å². The van der Waals surface area contributed by atoms with Gasteiger partial charge in [-0.05, 0) is 23.1 Å². The van der Waals surface area contributed by atoms with Crippen LogP contribution < -0.4 is 11.5 Å². The number of benzene rings is 1. The molecule has 4 heteroatoms. The van der Waals surface area contributed by atoms with Crippen LogP contribution >= 0.6 is 0 Å². The first-order valence-electron chi connectivity index (χ1n) is 5.43. The molecule has 1 aromatic carbocycles. The Hall–Kier alpha value is -1.97. The third-order valence-electron chi connectivity index (χ3n) is 2.82. The minimum Gasteiger partial charge on any atom is -0.449 e. The van der Waals surface area contributed by atoms with Gasteiger partial charge in [0.15, 0.2) is 0 Å². The lowest BCUT2D eigenvalue weighted by Crippen LogP contribution is -2.11. The van der Waals surface area contributed by atoms with Crippen LogP contribution in [0.5, 0.6) is 0 Å². The normalized spacial score (nSPS) is 11.9. The van der Waals surface area contributed by atoms with Crippen LogP contribution in [0.2, 0.25) is 0 Å². The predicted molar refractivity (Wildman–Crippen MR) is 67.8 cm³/mol. The second kappa shape index (κ2) is 3.52. The van der Waals surface area contributed by atoms with E-state index in [1.807, 2.05) is 18.2 Å². The number of carbonyl (C=O) groups is 1. The summed E-state index contributed by atoms with van der Waals surface area (Å²) in [5.41, 5.74) is 13.0. The number of fused-ring (bicyclic) bond motifs is 1. The first-order valence-corrected chi connectivity index (χ1v) is 5.43. The molecular weight excluding hydrogens is 216 g/mol. The Morgan fingerprint density at radius 1 is 1.29 bits per heavy atom. The summed E-state index contributed by atoms with van der Waals surface area (Å²) in [5, 5.41) is 0.729. The van der Waals surface area contributed by atoms with E-state index in [1.165, 1.54) is 0 Å². The molecule has 1 aromatic heterocycles. The Balaban J connectivity index is 2.68. The SMILES string of the molecule is CC(C)(C)c1ccc2c(N)c(C(N)=O)oc2c1. The lowest BCUT2D eigenvalue weighted by atomic mass is 9.87. The summed E-state index contributed by atoms with van der Waals surface area (Å²) in [6.45, 7) is 6.32. The molecule has 4 nitrogen and oxygen atoms in total. The van der Waals surface area contributed by atoms with Crippen LogP contribution in [0.15, 0.2) is 22.6 Å². The summed E-state index contributed by atoms with van der Waals surface area (Å²) in [6.07, 6.45) is 0. The summed E-state index contributed by atoms with van der Waals surface area (Å²) in [5.74, 6) is -0.609. The van der Waals surface area contributed by atoms with Crippen molar-refractivity contribution in [2.75, 3.05) is 5.73 Å². The van der Waals surface area contributed by atoms with E-state index in [0.717, 1.165) is 10.9 Å².